The number of hydrogen-bond acceptors (Lipinski definition) is 2. The molecule has 1 aliphatic rings. The van der Waals surface area contributed by atoms with Gasteiger partial charge in [-0.05, 0) is 29.9 Å². The Hall–Kier alpha value is -1.64. The minimum Gasteiger partial charge on any atom is -0.296 e. The summed E-state index contributed by atoms with van der Waals surface area (Å²) in [7, 11) is 0. The SMILES string of the molecule is c1ccc(CONC(c2ccccc2)C2CC2)cc1. The molecule has 0 amide bonds. The number of hydroxylamine groups is 1. The first-order chi connectivity index (χ1) is 9.43. The van der Waals surface area contributed by atoms with Crippen LogP contribution in [0.4, 0.5) is 0 Å². The Morgan fingerprint density at radius 2 is 1.58 bits per heavy atom. The van der Waals surface area contributed by atoms with Crippen LogP contribution in [0.1, 0.15) is 30.0 Å². The maximum absolute atomic E-state index is 5.69. The van der Waals surface area contributed by atoms with E-state index in [0.717, 1.165) is 5.92 Å². The quantitative estimate of drug-likeness (QED) is 0.789. The van der Waals surface area contributed by atoms with Gasteiger partial charge in [0, 0.05) is 0 Å². The normalized spacial score (nSPS) is 16.2. The summed E-state index contributed by atoms with van der Waals surface area (Å²) in [6.07, 6.45) is 2.59. The molecule has 0 heterocycles. The Morgan fingerprint density at radius 3 is 2.21 bits per heavy atom. The Bertz CT molecular complexity index is 493. The zero-order valence-corrected chi connectivity index (χ0v) is 11.0. The molecule has 98 valence electrons. The first kappa shape index (κ1) is 12.4. The van der Waals surface area contributed by atoms with Crippen molar-refractivity contribution in [2.24, 2.45) is 5.92 Å². The van der Waals surface area contributed by atoms with Crippen LogP contribution in [-0.4, -0.2) is 0 Å². The van der Waals surface area contributed by atoms with Crippen LogP contribution in [0, 0.1) is 5.92 Å². The molecule has 0 spiro atoms. The number of benzene rings is 2. The van der Waals surface area contributed by atoms with Gasteiger partial charge in [0.1, 0.15) is 0 Å². The maximum atomic E-state index is 5.69. The first-order valence-electron chi connectivity index (χ1n) is 6.89. The molecule has 2 heteroatoms. The lowest BCUT2D eigenvalue weighted by Crippen LogP contribution is -2.23. The van der Waals surface area contributed by atoms with Gasteiger partial charge in [-0.2, -0.15) is 5.48 Å². The lowest BCUT2D eigenvalue weighted by molar-refractivity contribution is -0.00226. The molecule has 0 saturated heterocycles. The molecule has 0 aromatic heterocycles. The van der Waals surface area contributed by atoms with E-state index in [1.54, 1.807) is 0 Å². The van der Waals surface area contributed by atoms with E-state index < -0.39 is 0 Å². The van der Waals surface area contributed by atoms with Crippen LogP contribution >= 0.6 is 0 Å². The van der Waals surface area contributed by atoms with E-state index in [-0.39, 0.29) is 0 Å². The van der Waals surface area contributed by atoms with Gasteiger partial charge in [0.05, 0.1) is 12.6 Å². The zero-order valence-electron chi connectivity index (χ0n) is 11.0. The van der Waals surface area contributed by atoms with Gasteiger partial charge in [-0.1, -0.05) is 60.7 Å². The van der Waals surface area contributed by atoms with Crippen molar-refractivity contribution in [1.29, 1.82) is 0 Å². The van der Waals surface area contributed by atoms with E-state index in [1.165, 1.54) is 24.0 Å². The Labute approximate surface area is 114 Å². The highest BCUT2D eigenvalue weighted by Gasteiger charge is 2.32. The van der Waals surface area contributed by atoms with E-state index >= 15 is 0 Å². The number of nitrogens with one attached hydrogen (secondary N) is 1. The van der Waals surface area contributed by atoms with Crippen LogP contribution in [0.2, 0.25) is 0 Å². The molecule has 0 aliphatic heterocycles. The topological polar surface area (TPSA) is 21.3 Å². The standard InChI is InChI=1S/C17H19NO/c1-3-7-14(8-4-1)13-19-18-17(16-11-12-16)15-9-5-2-6-10-15/h1-10,16-18H,11-13H2. The van der Waals surface area contributed by atoms with Crippen LogP contribution in [0.3, 0.4) is 0 Å². The Balaban J connectivity index is 1.57. The van der Waals surface area contributed by atoms with Gasteiger partial charge >= 0.3 is 0 Å². The highest BCUT2D eigenvalue weighted by Crippen LogP contribution is 2.40. The lowest BCUT2D eigenvalue weighted by Gasteiger charge is -2.18. The van der Waals surface area contributed by atoms with Crippen LogP contribution in [0.25, 0.3) is 0 Å². The fourth-order valence-corrected chi connectivity index (χ4v) is 2.32. The first-order valence-corrected chi connectivity index (χ1v) is 6.89. The third kappa shape index (κ3) is 3.43. The second-order valence-electron chi connectivity index (χ2n) is 5.12. The predicted molar refractivity (Wildman–Crippen MR) is 76.3 cm³/mol. The molecule has 2 aromatic rings. The summed E-state index contributed by atoms with van der Waals surface area (Å²) in [5.74, 6) is 0.721. The van der Waals surface area contributed by atoms with Crippen LogP contribution in [0.5, 0.6) is 0 Å². The van der Waals surface area contributed by atoms with E-state index in [4.69, 9.17) is 4.84 Å². The summed E-state index contributed by atoms with van der Waals surface area (Å²) in [5, 5.41) is 0. The molecule has 1 atom stereocenters. The highest BCUT2D eigenvalue weighted by molar-refractivity contribution is 5.20. The molecular formula is C17H19NO. The number of hydrogen-bond donors (Lipinski definition) is 1. The van der Waals surface area contributed by atoms with E-state index in [1.807, 2.05) is 18.2 Å². The molecular weight excluding hydrogens is 234 g/mol. The monoisotopic (exact) mass is 253 g/mol. The average molecular weight is 253 g/mol. The van der Waals surface area contributed by atoms with Gasteiger partial charge in [0.25, 0.3) is 0 Å². The van der Waals surface area contributed by atoms with Crippen LogP contribution in [-0.2, 0) is 11.4 Å². The Kier molecular flexibility index (Phi) is 3.92. The second kappa shape index (κ2) is 6.00. The van der Waals surface area contributed by atoms with Crippen molar-refractivity contribution in [2.45, 2.75) is 25.5 Å². The van der Waals surface area contributed by atoms with Gasteiger partial charge in [-0.15, -0.1) is 0 Å². The zero-order chi connectivity index (χ0) is 12.9. The smallest absolute Gasteiger partial charge is 0.0933 e. The molecule has 2 nitrogen and oxygen atoms in total. The Morgan fingerprint density at radius 1 is 0.947 bits per heavy atom. The fraction of sp³-hybridized carbons (Fsp3) is 0.294. The summed E-state index contributed by atoms with van der Waals surface area (Å²) in [6.45, 7) is 0.608. The van der Waals surface area contributed by atoms with Crippen molar-refractivity contribution in [3.05, 3.63) is 71.8 Å². The summed E-state index contributed by atoms with van der Waals surface area (Å²) in [6, 6.07) is 21.1. The van der Waals surface area contributed by atoms with Crippen molar-refractivity contribution < 1.29 is 4.84 Å². The van der Waals surface area contributed by atoms with Gasteiger partial charge in [-0.25, -0.2) is 0 Å². The average Bonchev–Trinajstić information content (AvgIpc) is 3.30. The minimum atomic E-state index is 0.324. The van der Waals surface area contributed by atoms with Gasteiger partial charge < -0.3 is 0 Å². The molecule has 1 fully saturated rings. The minimum absolute atomic E-state index is 0.324. The van der Waals surface area contributed by atoms with E-state index in [9.17, 15) is 0 Å². The molecule has 19 heavy (non-hydrogen) atoms. The number of rotatable bonds is 6. The fourth-order valence-electron chi connectivity index (χ4n) is 2.32. The molecule has 3 rings (SSSR count). The molecule has 1 unspecified atom stereocenters. The lowest BCUT2D eigenvalue weighted by atomic mass is 10.0. The molecule has 2 aromatic carbocycles. The summed E-state index contributed by atoms with van der Waals surface area (Å²) < 4.78 is 0. The van der Waals surface area contributed by atoms with Gasteiger partial charge in [-0.3, -0.25) is 4.84 Å². The summed E-state index contributed by atoms with van der Waals surface area (Å²) >= 11 is 0. The van der Waals surface area contributed by atoms with Crippen LogP contribution in [0.15, 0.2) is 60.7 Å². The maximum Gasteiger partial charge on any atom is 0.0933 e. The van der Waals surface area contributed by atoms with Gasteiger partial charge in [0.15, 0.2) is 0 Å². The molecule has 1 N–H and O–H groups in total. The predicted octanol–water partition coefficient (Wildman–Crippen LogP) is 3.86. The molecule has 0 radical (unpaired) electrons. The van der Waals surface area contributed by atoms with Crippen molar-refractivity contribution in [3.8, 4) is 0 Å². The largest absolute Gasteiger partial charge is 0.296 e. The van der Waals surface area contributed by atoms with Crippen molar-refractivity contribution in [2.75, 3.05) is 0 Å². The van der Waals surface area contributed by atoms with Crippen LogP contribution < -0.4 is 5.48 Å². The molecule has 1 aliphatic carbocycles. The molecule has 0 bridgehead atoms. The van der Waals surface area contributed by atoms with Gasteiger partial charge in [0.2, 0.25) is 0 Å². The summed E-state index contributed by atoms with van der Waals surface area (Å²) in [5.41, 5.74) is 5.76. The third-order valence-corrected chi connectivity index (χ3v) is 3.54. The van der Waals surface area contributed by atoms with E-state index in [0.29, 0.717) is 12.6 Å². The molecule has 1 saturated carbocycles. The third-order valence-electron chi connectivity index (χ3n) is 3.54. The summed E-state index contributed by atoms with van der Waals surface area (Å²) in [4.78, 5) is 5.69. The van der Waals surface area contributed by atoms with Crippen molar-refractivity contribution in [1.82, 2.24) is 5.48 Å². The highest BCUT2D eigenvalue weighted by atomic mass is 16.6. The van der Waals surface area contributed by atoms with Crippen molar-refractivity contribution in [3.63, 3.8) is 0 Å². The van der Waals surface area contributed by atoms with E-state index in [2.05, 4.69) is 47.9 Å². The second-order valence-corrected chi connectivity index (χ2v) is 5.12. The van der Waals surface area contributed by atoms with Crippen molar-refractivity contribution >= 4 is 0 Å².